The second-order valence-electron chi connectivity index (χ2n) is 7.27. The Morgan fingerprint density at radius 3 is 2.41 bits per heavy atom. The Morgan fingerprint density at radius 1 is 1.16 bits per heavy atom. The van der Waals surface area contributed by atoms with E-state index in [4.69, 9.17) is 15.7 Å². The number of carbonyl (C=O) groups is 2. The van der Waals surface area contributed by atoms with Crippen LogP contribution in [0, 0.1) is 26.2 Å². The molecule has 0 fully saturated rings. The van der Waals surface area contributed by atoms with Crippen LogP contribution in [0.1, 0.15) is 60.8 Å². The average molecular weight is 461 g/mol. The molecule has 0 saturated heterocycles. The molecule has 0 spiro atoms. The Bertz CT molecular complexity index is 1060. The lowest BCUT2D eigenvalue weighted by Crippen LogP contribution is -2.37. The molecular formula is C23H28N2O6S. The van der Waals surface area contributed by atoms with E-state index in [-0.39, 0.29) is 35.0 Å². The number of hydrogen-bond acceptors (Lipinski definition) is 7. The first kappa shape index (κ1) is 25.1. The number of hydrogen-bond donors (Lipinski definition) is 0. The molecule has 0 aliphatic carbocycles. The molecule has 0 aliphatic rings. The number of unbranched alkanes of at least 4 members (excludes halogenated alkanes) is 2. The van der Waals surface area contributed by atoms with E-state index in [0.29, 0.717) is 22.2 Å². The Hall–Kier alpha value is -3.12. The number of rotatable bonds is 12. The Labute approximate surface area is 189 Å². The van der Waals surface area contributed by atoms with Crippen LogP contribution in [-0.4, -0.2) is 42.7 Å². The molecule has 1 amide bonds. The highest BCUT2D eigenvalue weighted by Gasteiger charge is 2.34. The highest BCUT2D eigenvalue weighted by atomic mass is 32.2. The number of ketones is 1. The summed E-state index contributed by atoms with van der Waals surface area (Å²) in [6.07, 6.45) is 7.97. The zero-order chi connectivity index (χ0) is 23.7. The topological polar surface area (TPSA) is 107 Å². The van der Waals surface area contributed by atoms with Crippen molar-refractivity contribution in [2.75, 3.05) is 13.2 Å². The minimum absolute atomic E-state index is 0.0606. The molecule has 2 rings (SSSR count). The van der Waals surface area contributed by atoms with Crippen LogP contribution in [0.15, 0.2) is 33.7 Å². The fourth-order valence-electron chi connectivity index (χ4n) is 3.11. The van der Waals surface area contributed by atoms with E-state index in [1.807, 2.05) is 0 Å². The van der Waals surface area contributed by atoms with Gasteiger partial charge in [0.25, 0.3) is 10.0 Å². The fourth-order valence-corrected chi connectivity index (χ4v) is 4.75. The number of aromatic nitrogens is 1. The summed E-state index contributed by atoms with van der Waals surface area (Å²) in [5.74, 6) is 1.85. The number of ether oxygens (including phenoxy) is 1. The lowest BCUT2D eigenvalue weighted by Gasteiger charge is -2.20. The van der Waals surface area contributed by atoms with E-state index >= 15 is 0 Å². The first-order chi connectivity index (χ1) is 15.2. The first-order valence-corrected chi connectivity index (χ1v) is 11.8. The van der Waals surface area contributed by atoms with E-state index in [0.717, 1.165) is 19.3 Å². The first-order valence-electron chi connectivity index (χ1n) is 10.4. The summed E-state index contributed by atoms with van der Waals surface area (Å²) >= 11 is 0. The second kappa shape index (κ2) is 11.5. The highest BCUT2D eigenvalue weighted by molar-refractivity contribution is 7.89. The van der Waals surface area contributed by atoms with Gasteiger partial charge in [0, 0.05) is 18.4 Å². The summed E-state index contributed by atoms with van der Waals surface area (Å²) in [5.41, 5.74) is 0.543. The third-order valence-corrected chi connectivity index (χ3v) is 6.80. The van der Waals surface area contributed by atoms with Crippen molar-refractivity contribution in [2.45, 2.75) is 57.8 Å². The van der Waals surface area contributed by atoms with Crippen molar-refractivity contribution in [3.05, 3.63) is 41.3 Å². The molecule has 0 saturated carbocycles. The van der Waals surface area contributed by atoms with E-state index < -0.39 is 22.5 Å². The molecule has 1 heterocycles. The molecule has 0 atom stereocenters. The Morgan fingerprint density at radius 2 is 1.84 bits per heavy atom. The predicted octanol–water partition coefficient (Wildman–Crippen LogP) is 3.67. The molecule has 2 aromatic rings. The normalized spacial score (nSPS) is 11.1. The molecule has 172 valence electrons. The number of carbonyl (C=O) groups excluding carboxylic acids is 2. The Balaban J connectivity index is 2.03. The zero-order valence-corrected chi connectivity index (χ0v) is 19.4. The van der Waals surface area contributed by atoms with Crippen molar-refractivity contribution in [2.24, 2.45) is 0 Å². The number of terminal acetylenes is 1. The maximum absolute atomic E-state index is 13.0. The summed E-state index contributed by atoms with van der Waals surface area (Å²) in [6, 6.07) is 6.66. The lowest BCUT2D eigenvalue weighted by molar-refractivity contribution is -0.126. The van der Waals surface area contributed by atoms with Gasteiger partial charge in [0.15, 0.2) is 16.4 Å². The monoisotopic (exact) mass is 460 g/mol. The summed E-state index contributed by atoms with van der Waals surface area (Å²) < 4.78 is 37.0. The molecule has 0 radical (unpaired) electrons. The molecule has 0 unspecified atom stereocenters. The SMILES string of the molecule is C#CCN(C(=O)CCC(=O)c1ccc(OCCCCC)cc1)S(=O)(=O)c1c(C)noc1C. The van der Waals surface area contributed by atoms with Gasteiger partial charge in [0.1, 0.15) is 11.4 Å². The largest absolute Gasteiger partial charge is 0.494 e. The summed E-state index contributed by atoms with van der Waals surface area (Å²) in [6.45, 7) is 5.17. The van der Waals surface area contributed by atoms with Crippen LogP contribution in [0.4, 0.5) is 0 Å². The molecule has 1 aromatic carbocycles. The van der Waals surface area contributed by atoms with Crippen molar-refractivity contribution < 1.29 is 27.3 Å². The van der Waals surface area contributed by atoms with Gasteiger partial charge in [0.2, 0.25) is 5.91 Å². The smallest absolute Gasteiger partial charge is 0.272 e. The predicted molar refractivity (Wildman–Crippen MR) is 119 cm³/mol. The number of nitrogens with zero attached hydrogens (tertiary/aromatic N) is 2. The van der Waals surface area contributed by atoms with Crippen LogP contribution in [0.2, 0.25) is 0 Å². The van der Waals surface area contributed by atoms with Gasteiger partial charge in [-0.3, -0.25) is 9.59 Å². The number of Topliss-reactive ketones (excluding diaryl/α,β-unsaturated/α-hetero) is 1. The van der Waals surface area contributed by atoms with Crippen LogP contribution >= 0.6 is 0 Å². The van der Waals surface area contributed by atoms with Crippen molar-refractivity contribution >= 4 is 21.7 Å². The van der Waals surface area contributed by atoms with Gasteiger partial charge in [-0.25, -0.2) is 12.7 Å². The van der Waals surface area contributed by atoms with Gasteiger partial charge in [-0.1, -0.05) is 30.8 Å². The number of benzene rings is 1. The maximum atomic E-state index is 13.0. The maximum Gasteiger partial charge on any atom is 0.272 e. The average Bonchev–Trinajstić information content (AvgIpc) is 3.12. The van der Waals surface area contributed by atoms with Crippen molar-refractivity contribution in [1.29, 1.82) is 0 Å². The molecule has 0 N–H and O–H groups in total. The minimum atomic E-state index is -4.25. The number of sulfonamides is 1. The van der Waals surface area contributed by atoms with E-state index in [1.165, 1.54) is 13.8 Å². The molecular weight excluding hydrogens is 432 g/mol. The van der Waals surface area contributed by atoms with Crippen molar-refractivity contribution in [3.8, 4) is 18.1 Å². The van der Waals surface area contributed by atoms with Crippen LogP contribution < -0.4 is 4.74 Å². The van der Waals surface area contributed by atoms with Gasteiger partial charge in [-0.2, -0.15) is 0 Å². The van der Waals surface area contributed by atoms with Gasteiger partial charge < -0.3 is 9.26 Å². The summed E-state index contributed by atoms with van der Waals surface area (Å²) in [4.78, 5) is 25.0. The molecule has 0 bridgehead atoms. The molecule has 9 heteroatoms. The standard InChI is InChI=1S/C23H28N2O6S/c1-5-7-8-16-30-20-11-9-19(10-12-20)21(26)13-14-22(27)25(15-6-2)32(28,29)23-17(3)24-31-18(23)4/h2,9-12H,5,7-8,13-16H2,1,3-4H3. The van der Waals surface area contributed by atoms with Crippen LogP contribution in [0.25, 0.3) is 0 Å². The van der Waals surface area contributed by atoms with E-state index in [9.17, 15) is 18.0 Å². The molecule has 0 aliphatic heterocycles. The zero-order valence-electron chi connectivity index (χ0n) is 18.6. The number of aryl methyl sites for hydroxylation is 2. The summed E-state index contributed by atoms with van der Waals surface area (Å²) in [7, 11) is -4.25. The molecule has 1 aromatic heterocycles. The van der Waals surface area contributed by atoms with Gasteiger partial charge in [0.05, 0.1) is 13.2 Å². The van der Waals surface area contributed by atoms with E-state index in [1.54, 1.807) is 24.3 Å². The molecule has 8 nitrogen and oxygen atoms in total. The van der Waals surface area contributed by atoms with Crippen molar-refractivity contribution in [1.82, 2.24) is 9.46 Å². The fraction of sp³-hybridized carbons (Fsp3) is 0.435. The van der Waals surface area contributed by atoms with Gasteiger partial charge in [-0.05, 0) is 44.5 Å². The Kier molecular flexibility index (Phi) is 9.02. The number of amides is 1. The third-order valence-electron chi connectivity index (χ3n) is 4.79. The van der Waals surface area contributed by atoms with E-state index in [2.05, 4.69) is 18.0 Å². The third kappa shape index (κ3) is 6.20. The van der Waals surface area contributed by atoms with Gasteiger partial charge in [-0.15, -0.1) is 6.42 Å². The van der Waals surface area contributed by atoms with Crippen LogP contribution in [0.5, 0.6) is 5.75 Å². The van der Waals surface area contributed by atoms with Crippen LogP contribution in [-0.2, 0) is 14.8 Å². The lowest BCUT2D eigenvalue weighted by atomic mass is 10.1. The van der Waals surface area contributed by atoms with Crippen LogP contribution in [0.3, 0.4) is 0 Å². The molecule has 32 heavy (non-hydrogen) atoms. The van der Waals surface area contributed by atoms with Gasteiger partial charge >= 0.3 is 0 Å². The van der Waals surface area contributed by atoms with Crippen molar-refractivity contribution in [3.63, 3.8) is 0 Å². The summed E-state index contributed by atoms with van der Waals surface area (Å²) in [5, 5.41) is 3.62. The second-order valence-corrected chi connectivity index (χ2v) is 9.07. The highest BCUT2D eigenvalue weighted by Crippen LogP contribution is 2.24. The minimum Gasteiger partial charge on any atom is -0.494 e. The quantitative estimate of drug-likeness (QED) is 0.270.